The van der Waals surface area contributed by atoms with Crippen molar-refractivity contribution in [1.82, 2.24) is 0 Å². The molecule has 0 bridgehead atoms. The highest BCUT2D eigenvalue weighted by Gasteiger charge is 2.24. The molecule has 1 unspecified atom stereocenters. The van der Waals surface area contributed by atoms with Crippen LogP contribution in [0.15, 0.2) is 23.2 Å². The normalized spacial score (nSPS) is 12.2. The van der Waals surface area contributed by atoms with Crippen molar-refractivity contribution in [1.29, 1.82) is 0 Å². The second kappa shape index (κ2) is 9.93. The molecule has 0 aliphatic carbocycles. The third-order valence-electron chi connectivity index (χ3n) is 3.04. The number of carbonyl (C=O) groups excluding carboxylic acids is 3. The van der Waals surface area contributed by atoms with Gasteiger partial charge in [-0.3, -0.25) is 14.6 Å². The maximum absolute atomic E-state index is 12.0. The minimum absolute atomic E-state index is 0.0967. The molecule has 0 heterocycles. The summed E-state index contributed by atoms with van der Waals surface area (Å²) in [7, 11) is 0. The average molecular weight is 368 g/mol. The zero-order valence-electron chi connectivity index (χ0n) is 14.7. The maximum atomic E-state index is 12.0. The highest BCUT2D eigenvalue weighted by molar-refractivity contribution is 6.36. The van der Waals surface area contributed by atoms with Gasteiger partial charge in [0, 0.05) is 6.21 Å². The number of halogens is 1. The fourth-order valence-electron chi connectivity index (χ4n) is 1.84. The Morgan fingerprint density at radius 3 is 2.52 bits per heavy atom. The number of nitrogens with zero attached hydrogens (tertiary/aromatic N) is 1. The first kappa shape index (κ1) is 20.8. The van der Waals surface area contributed by atoms with Crippen molar-refractivity contribution < 1.29 is 23.9 Å². The molecule has 1 atom stereocenters. The van der Waals surface area contributed by atoms with Crippen molar-refractivity contribution in [3.05, 3.63) is 28.8 Å². The molecule has 25 heavy (non-hydrogen) atoms. The highest BCUT2D eigenvalue weighted by Crippen LogP contribution is 2.29. The lowest BCUT2D eigenvalue weighted by molar-refractivity contribution is -0.151. The lowest BCUT2D eigenvalue weighted by Crippen LogP contribution is -2.27. The van der Waals surface area contributed by atoms with Crippen LogP contribution >= 0.6 is 11.6 Å². The molecule has 0 amide bonds. The number of rotatable bonds is 8. The molecule has 0 saturated heterocycles. The third-order valence-corrected chi connectivity index (χ3v) is 3.44. The van der Waals surface area contributed by atoms with Crippen LogP contribution in [-0.2, 0) is 19.1 Å². The van der Waals surface area contributed by atoms with Crippen LogP contribution in [0.25, 0.3) is 0 Å². The molecule has 7 heteroatoms. The molecular weight excluding hydrogens is 346 g/mol. The molecule has 1 rings (SSSR count). The first-order chi connectivity index (χ1) is 11.8. The first-order valence-corrected chi connectivity index (χ1v) is 8.36. The molecule has 0 aliphatic rings. The predicted octanol–water partition coefficient (Wildman–Crippen LogP) is 3.77. The molecule has 136 valence electrons. The molecule has 0 fully saturated rings. The van der Waals surface area contributed by atoms with Gasteiger partial charge in [-0.25, -0.2) is 4.79 Å². The Bertz CT molecular complexity index is 669. The molecular formula is C18H22ClNO5. The monoisotopic (exact) mass is 367 g/mol. The first-order valence-electron chi connectivity index (χ1n) is 7.98. The van der Waals surface area contributed by atoms with Gasteiger partial charge in [-0.05, 0) is 39.3 Å². The minimum atomic E-state index is -1.13. The summed E-state index contributed by atoms with van der Waals surface area (Å²) in [5.41, 5.74) is 0.435. The van der Waals surface area contributed by atoms with Gasteiger partial charge in [-0.1, -0.05) is 24.6 Å². The number of ether oxygens (including phenoxy) is 2. The van der Waals surface area contributed by atoms with Crippen LogP contribution in [0, 0.1) is 5.92 Å². The molecule has 0 aromatic heterocycles. The van der Waals surface area contributed by atoms with E-state index in [2.05, 4.69) is 4.99 Å². The number of benzene rings is 1. The number of Topliss-reactive ketones (excluding diaryl/α,β-unsaturated/α-hetero) is 1. The van der Waals surface area contributed by atoms with Crippen LogP contribution in [-0.4, -0.2) is 36.6 Å². The Morgan fingerprint density at radius 1 is 1.28 bits per heavy atom. The summed E-state index contributed by atoms with van der Waals surface area (Å²) in [6.07, 6.45) is 1.53. The van der Waals surface area contributed by atoms with Gasteiger partial charge in [-0.15, -0.1) is 0 Å². The summed E-state index contributed by atoms with van der Waals surface area (Å²) in [5.74, 6) is -2.76. The predicted molar refractivity (Wildman–Crippen MR) is 95.6 cm³/mol. The molecule has 0 saturated carbocycles. The fraction of sp³-hybridized carbons (Fsp3) is 0.444. The van der Waals surface area contributed by atoms with E-state index in [1.54, 1.807) is 26.0 Å². The Labute approximate surface area is 152 Å². The number of ketones is 1. The van der Waals surface area contributed by atoms with Gasteiger partial charge < -0.3 is 9.47 Å². The van der Waals surface area contributed by atoms with Gasteiger partial charge >= 0.3 is 11.9 Å². The quantitative estimate of drug-likeness (QED) is 0.397. The minimum Gasteiger partial charge on any atom is -0.462 e. The van der Waals surface area contributed by atoms with Crippen molar-refractivity contribution in [2.24, 2.45) is 10.9 Å². The zero-order chi connectivity index (χ0) is 19.0. The fourth-order valence-corrected chi connectivity index (χ4v) is 2.09. The van der Waals surface area contributed by atoms with Gasteiger partial charge in [0.25, 0.3) is 0 Å². The van der Waals surface area contributed by atoms with Gasteiger partial charge in [-0.2, -0.15) is 0 Å². The second-order valence-corrected chi connectivity index (χ2v) is 6.00. The van der Waals surface area contributed by atoms with Gasteiger partial charge in [0.2, 0.25) is 0 Å². The summed E-state index contributed by atoms with van der Waals surface area (Å²) in [5, 5.41) is 0.0967. The molecule has 6 nitrogen and oxygen atoms in total. The van der Waals surface area contributed by atoms with Crippen molar-refractivity contribution in [2.45, 2.75) is 40.2 Å². The maximum Gasteiger partial charge on any atom is 0.339 e. The third kappa shape index (κ3) is 6.31. The largest absolute Gasteiger partial charge is 0.462 e. The Morgan fingerprint density at radius 2 is 1.96 bits per heavy atom. The van der Waals surface area contributed by atoms with Gasteiger partial charge in [0.1, 0.15) is 5.78 Å². The summed E-state index contributed by atoms with van der Waals surface area (Å²) in [6.45, 7) is 6.82. The molecule has 1 aromatic carbocycles. The van der Waals surface area contributed by atoms with Crippen molar-refractivity contribution >= 4 is 41.2 Å². The van der Waals surface area contributed by atoms with E-state index >= 15 is 0 Å². The van der Waals surface area contributed by atoms with Crippen LogP contribution < -0.4 is 0 Å². The molecule has 1 aromatic rings. The van der Waals surface area contributed by atoms with Crippen LogP contribution in [0.5, 0.6) is 0 Å². The number of aliphatic imine (C=N–C) groups is 1. The number of hydrogen-bond donors (Lipinski definition) is 0. The smallest absolute Gasteiger partial charge is 0.339 e. The number of carbonyl (C=O) groups is 3. The average Bonchev–Trinajstić information content (AvgIpc) is 2.53. The highest BCUT2D eigenvalue weighted by atomic mass is 35.5. The van der Waals surface area contributed by atoms with E-state index in [0.29, 0.717) is 6.42 Å². The standard InChI is InChI=1S/C18H22ClNO5/c1-5-9-24-17(22)13-7-6-8-15(16(13)19)20-10-14(12(4)21)18(23)25-11(2)3/h6-8,10-11,14H,5,9H2,1-4H3. The SMILES string of the molecule is CCCOC(=O)c1cccc(N=CC(C(C)=O)C(=O)OC(C)C)c1Cl. The molecule has 0 spiro atoms. The molecule has 0 radical (unpaired) electrons. The zero-order valence-corrected chi connectivity index (χ0v) is 15.5. The number of hydrogen-bond acceptors (Lipinski definition) is 6. The van der Waals surface area contributed by atoms with E-state index in [1.165, 1.54) is 19.2 Å². The Hall–Kier alpha value is -2.21. The summed E-state index contributed by atoms with van der Waals surface area (Å²) < 4.78 is 10.1. The molecule has 0 aliphatic heterocycles. The van der Waals surface area contributed by atoms with Crippen LogP contribution in [0.4, 0.5) is 5.69 Å². The van der Waals surface area contributed by atoms with Gasteiger partial charge in [0.15, 0.2) is 5.92 Å². The Balaban J connectivity index is 3.04. The Kier molecular flexibility index (Phi) is 8.28. The molecule has 0 N–H and O–H groups in total. The van der Waals surface area contributed by atoms with Crippen LogP contribution in [0.1, 0.15) is 44.5 Å². The van der Waals surface area contributed by atoms with Crippen molar-refractivity contribution in [3.8, 4) is 0 Å². The van der Waals surface area contributed by atoms with E-state index in [0.717, 1.165) is 0 Å². The van der Waals surface area contributed by atoms with E-state index in [1.807, 2.05) is 6.92 Å². The number of esters is 2. The van der Waals surface area contributed by atoms with Gasteiger partial charge in [0.05, 0.1) is 29.0 Å². The van der Waals surface area contributed by atoms with E-state index in [9.17, 15) is 14.4 Å². The summed E-state index contributed by atoms with van der Waals surface area (Å²) >= 11 is 6.19. The lowest BCUT2D eigenvalue weighted by atomic mass is 10.1. The second-order valence-electron chi connectivity index (χ2n) is 5.63. The van der Waals surface area contributed by atoms with Crippen LogP contribution in [0.2, 0.25) is 5.02 Å². The van der Waals surface area contributed by atoms with E-state index in [-0.39, 0.29) is 29.0 Å². The topological polar surface area (TPSA) is 82.0 Å². The van der Waals surface area contributed by atoms with Crippen molar-refractivity contribution in [2.75, 3.05) is 6.61 Å². The van der Waals surface area contributed by atoms with E-state index < -0.39 is 23.6 Å². The van der Waals surface area contributed by atoms with Crippen LogP contribution in [0.3, 0.4) is 0 Å². The lowest BCUT2D eigenvalue weighted by Gasteiger charge is -2.12. The summed E-state index contributed by atoms with van der Waals surface area (Å²) in [6, 6.07) is 4.69. The van der Waals surface area contributed by atoms with E-state index in [4.69, 9.17) is 21.1 Å². The summed E-state index contributed by atoms with van der Waals surface area (Å²) in [4.78, 5) is 39.7. The van der Waals surface area contributed by atoms with Crippen molar-refractivity contribution in [3.63, 3.8) is 0 Å².